The number of nitriles is 1. The third-order valence-electron chi connectivity index (χ3n) is 3.45. The summed E-state index contributed by atoms with van der Waals surface area (Å²) < 4.78 is 0. The highest BCUT2D eigenvalue weighted by molar-refractivity contribution is 7.99. The smallest absolute Gasteiger partial charge is 0.101 e. The van der Waals surface area contributed by atoms with Gasteiger partial charge in [-0.1, -0.05) is 17.8 Å². The standard InChI is InChI=1S/C16H14N2S/c17-10-13-5-7-15(9-16(13)18)19-14-6-4-11-2-1-3-12(11)8-14/h4-9H,1-3,18H2. The van der Waals surface area contributed by atoms with Crippen LogP contribution in [0.25, 0.3) is 0 Å². The summed E-state index contributed by atoms with van der Waals surface area (Å²) in [5, 5.41) is 8.87. The van der Waals surface area contributed by atoms with Crippen molar-refractivity contribution in [2.75, 3.05) is 5.73 Å². The summed E-state index contributed by atoms with van der Waals surface area (Å²) >= 11 is 1.70. The van der Waals surface area contributed by atoms with Gasteiger partial charge in [0.05, 0.1) is 11.3 Å². The molecule has 0 fully saturated rings. The van der Waals surface area contributed by atoms with E-state index in [1.165, 1.54) is 35.3 Å². The molecule has 3 heteroatoms. The minimum absolute atomic E-state index is 0.540. The normalized spacial score (nSPS) is 13.0. The second-order valence-electron chi connectivity index (χ2n) is 4.75. The van der Waals surface area contributed by atoms with E-state index in [9.17, 15) is 0 Å². The van der Waals surface area contributed by atoms with Gasteiger partial charge in [0.2, 0.25) is 0 Å². The van der Waals surface area contributed by atoms with Gasteiger partial charge in [0.15, 0.2) is 0 Å². The minimum Gasteiger partial charge on any atom is -0.398 e. The molecule has 2 aromatic rings. The highest BCUT2D eigenvalue weighted by Crippen LogP contribution is 2.33. The predicted octanol–water partition coefficient (Wildman–Crippen LogP) is 3.78. The highest BCUT2D eigenvalue weighted by Gasteiger charge is 2.11. The predicted molar refractivity (Wildman–Crippen MR) is 78.2 cm³/mol. The van der Waals surface area contributed by atoms with Crippen molar-refractivity contribution in [3.8, 4) is 6.07 Å². The SMILES string of the molecule is N#Cc1ccc(Sc2ccc3c(c2)CCC3)cc1N. The molecule has 19 heavy (non-hydrogen) atoms. The Labute approximate surface area is 117 Å². The van der Waals surface area contributed by atoms with Gasteiger partial charge < -0.3 is 5.73 Å². The molecule has 0 heterocycles. The van der Waals surface area contributed by atoms with Crippen LogP contribution in [0.3, 0.4) is 0 Å². The third kappa shape index (κ3) is 2.45. The fourth-order valence-electron chi connectivity index (χ4n) is 2.45. The minimum atomic E-state index is 0.540. The number of hydrogen-bond acceptors (Lipinski definition) is 3. The van der Waals surface area contributed by atoms with E-state index in [1.54, 1.807) is 17.8 Å². The molecule has 0 radical (unpaired) electrons. The van der Waals surface area contributed by atoms with Gasteiger partial charge in [-0.2, -0.15) is 5.26 Å². The Morgan fingerprint density at radius 1 is 1.00 bits per heavy atom. The van der Waals surface area contributed by atoms with Crippen LogP contribution in [0.2, 0.25) is 0 Å². The van der Waals surface area contributed by atoms with E-state index >= 15 is 0 Å². The van der Waals surface area contributed by atoms with Crippen LogP contribution in [0, 0.1) is 11.3 Å². The van der Waals surface area contributed by atoms with Crippen LogP contribution in [-0.4, -0.2) is 0 Å². The average Bonchev–Trinajstić information content (AvgIpc) is 2.86. The van der Waals surface area contributed by atoms with Crippen LogP contribution in [0.1, 0.15) is 23.1 Å². The molecule has 3 rings (SSSR count). The van der Waals surface area contributed by atoms with Crippen LogP contribution < -0.4 is 5.73 Å². The summed E-state index contributed by atoms with van der Waals surface area (Å²) in [6, 6.07) is 14.4. The molecule has 2 nitrogen and oxygen atoms in total. The monoisotopic (exact) mass is 266 g/mol. The molecule has 0 bridgehead atoms. The molecule has 0 saturated heterocycles. The number of nitrogens with zero attached hydrogens (tertiary/aromatic N) is 1. The summed E-state index contributed by atoms with van der Waals surface area (Å²) in [6.45, 7) is 0. The van der Waals surface area contributed by atoms with E-state index in [4.69, 9.17) is 11.0 Å². The Bertz CT molecular complexity index is 662. The Hall–Kier alpha value is -1.92. The lowest BCUT2D eigenvalue weighted by Crippen LogP contribution is -1.90. The molecule has 0 atom stereocenters. The van der Waals surface area contributed by atoms with Crippen molar-refractivity contribution in [1.29, 1.82) is 5.26 Å². The molecular weight excluding hydrogens is 252 g/mol. The second kappa shape index (κ2) is 4.99. The van der Waals surface area contributed by atoms with Gasteiger partial charge in [-0.25, -0.2) is 0 Å². The van der Waals surface area contributed by atoms with E-state index in [2.05, 4.69) is 24.3 Å². The number of rotatable bonds is 2. The van der Waals surface area contributed by atoms with E-state index < -0.39 is 0 Å². The second-order valence-corrected chi connectivity index (χ2v) is 5.89. The van der Waals surface area contributed by atoms with Crippen molar-refractivity contribution < 1.29 is 0 Å². The van der Waals surface area contributed by atoms with Crippen molar-refractivity contribution in [1.82, 2.24) is 0 Å². The summed E-state index contributed by atoms with van der Waals surface area (Å²) in [7, 11) is 0. The van der Waals surface area contributed by atoms with E-state index in [-0.39, 0.29) is 0 Å². The first-order valence-electron chi connectivity index (χ1n) is 6.35. The Balaban J connectivity index is 1.85. The lowest BCUT2D eigenvalue weighted by Gasteiger charge is -2.06. The summed E-state index contributed by atoms with van der Waals surface area (Å²) in [5.41, 5.74) is 9.90. The van der Waals surface area contributed by atoms with Crippen molar-refractivity contribution in [2.45, 2.75) is 29.1 Å². The lowest BCUT2D eigenvalue weighted by molar-refractivity contribution is 0.911. The first-order chi connectivity index (χ1) is 9.26. The first-order valence-corrected chi connectivity index (χ1v) is 7.17. The zero-order valence-electron chi connectivity index (χ0n) is 10.5. The molecule has 0 saturated carbocycles. The molecule has 2 aromatic carbocycles. The van der Waals surface area contributed by atoms with Crippen molar-refractivity contribution in [3.05, 3.63) is 53.1 Å². The first kappa shape index (κ1) is 12.1. The Morgan fingerprint density at radius 3 is 2.53 bits per heavy atom. The zero-order valence-corrected chi connectivity index (χ0v) is 11.3. The third-order valence-corrected chi connectivity index (χ3v) is 4.43. The quantitative estimate of drug-likeness (QED) is 0.841. The van der Waals surface area contributed by atoms with Crippen LogP contribution in [0.4, 0.5) is 5.69 Å². The molecule has 0 spiro atoms. The van der Waals surface area contributed by atoms with Crippen LogP contribution in [0.5, 0.6) is 0 Å². The van der Waals surface area contributed by atoms with Gasteiger partial charge in [0.1, 0.15) is 6.07 Å². The number of benzene rings is 2. The molecule has 0 amide bonds. The molecule has 1 aliphatic rings. The maximum atomic E-state index is 8.87. The van der Waals surface area contributed by atoms with Crippen LogP contribution in [-0.2, 0) is 12.8 Å². The number of hydrogen-bond donors (Lipinski definition) is 1. The highest BCUT2D eigenvalue weighted by atomic mass is 32.2. The van der Waals surface area contributed by atoms with E-state index in [0.717, 1.165) is 4.90 Å². The van der Waals surface area contributed by atoms with Gasteiger partial charge in [0.25, 0.3) is 0 Å². The van der Waals surface area contributed by atoms with Gasteiger partial charge in [0, 0.05) is 9.79 Å². The number of fused-ring (bicyclic) bond motifs is 1. The number of aryl methyl sites for hydroxylation is 2. The largest absolute Gasteiger partial charge is 0.398 e. The topological polar surface area (TPSA) is 49.8 Å². The Morgan fingerprint density at radius 2 is 1.74 bits per heavy atom. The van der Waals surface area contributed by atoms with Crippen molar-refractivity contribution >= 4 is 17.4 Å². The van der Waals surface area contributed by atoms with Gasteiger partial charge in [-0.05, 0) is 60.7 Å². The average molecular weight is 266 g/mol. The van der Waals surface area contributed by atoms with Gasteiger partial charge >= 0.3 is 0 Å². The van der Waals surface area contributed by atoms with Crippen molar-refractivity contribution in [3.63, 3.8) is 0 Å². The molecule has 0 aliphatic heterocycles. The number of nitrogen functional groups attached to an aromatic ring is 1. The molecule has 2 N–H and O–H groups in total. The van der Waals surface area contributed by atoms with Crippen molar-refractivity contribution in [2.24, 2.45) is 0 Å². The molecular formula is C16H14N2S. The summed E-state index contributed by atoms with van der Waals surface area (Å²) in [6.07, 6.45) is 3.68. The number of anilines is 1. The fraction of sp³-hybridized carbons (Fsp3) is 0.188. The summed E-state index contributed by atoms with van der Waals surface area (Å²) in [5.74, 6) is 0. The lowest BCUT2D eigenvalue weighted by atomic mass is 10.1. The van der Waals surface area contributed by atoms with Crippen LogP contribution >= 0.6 is 11.8 Å². The molecule has 94 valence electrons. The maximum Gasteiger partial charge on any atom is 0.101 e. The molecule has 0 aromatic heterocycles. The van der Waals surface area contributed by atoms with E-state index in [0.29, 0.717) is 11.3 Å². The van der Waals surface area contributed by atoms with Gasteiger partial charge in [-0.15, -0.1) is 0 Å². The van der Waals surface area contributed by atoms with E-state index in [1.807, 2.05) is 12.1 Å². The molecule has 0 unspecified atom stereocenters. The summed E-state index contributed by atoms with van der Waals surface area (Å²) in [4.78, 5) is 2.32. The number of nitrogens with two attached hydrogens (primary N) is 1. The zero-order chi connectivity index (χ0) is 13.2. The fourth-order valence-corrected chi connectivity index (χ4v) is 3.39. The van der Waals surface area contributed by atoms with Gasteiger partial charge in [-0.3, -0.25) is 0 Å². The maximum absolute atomic E-state index is 8.87. The Kier molecular flexibility index (Phi) is 3.18. The van der Waals surface area contributed by atoms with Crippen LogP contribution in [0.15, 0.2) is 46.2 Å². The molecule has 1 aliphatic carbocycles.